The van der Waals surface area contributed by atoms with Gasteiger partial charge in [-0.3, -0.25) is 0 Å². The van der Waals surface area contributed by atoms with Gasteiger partial charge in [0.2, 0.25) is 0 Å². The number of hydrogen-bond acceptors (Lipinski definition) is 4. The van der Waals surface area contributed by atoms with Crippen molar-refractivity contribution < 1.29 is 9.53 Å². The summed E-state index contributed by atoms with van der Waals surface area (Å²) >= 11 is 0. The summed E-state index contributed by atoms with van der Waals surface area (Å²) in [6, 6.07) is 4.22. The van der Waals surface area contributed by atoms with Crippen LogP contribution in [0.4, 0.5) is 10.6 Å². The van der Waals surface area contributed by atoms with Crippen molar-refractivity contribution in [1.29, 1.82) is 0 Å². The van der Waals surface area contributed by atoms with E-state index < -0.39 is 5.60 Å². The van der Waals surface area contributed by atoms with E-state index in [-0.39, 0.29) is 12.1 Å². The molecule has 0 spiro atoms. The molecule has 0 saturated carbocycles. The lowest BCUT2D eigenvalue weighted by molar-refractivity contribution is 0.0497. The van der Waals surface area contributed by atoms with Gasteiger partial charge in [0.05, 0.1) is 5.52 Å². The number of ether oxygens (including phenoxy) is 1. The van der Waals surface area contributed by atoms with E-state index >= 15 is 0 Å². The quantitative estimate of drug-likeness (QED) is 0.893. The summed E-state index contributed by atoms with van der Waals surface area (Å²) in [7, 11) is 0. The SMILES string of the molecule is CC(C)(C)OC(=O)NC1CCN(c2nccc3cc[nH]c23)CC1. The first kappa shape index (κ1) is 15.6. The summed E-state index contributed by atoms with van der Waals surface area (Å²) < 4.78 is 5.32. The Bertz CT molecular complexity index is 681. The van der Waals surface area contributed by atoms with E-state index in [9.17, 15) is 4.79 Å². The molecular weight excluding hydrogens is 292 g/mol. The highest BCUT2D eigenvalue weighted by atomic mass is 16.6. The summed E-state index contributed by atoms with van der Waals surface area (Å²) in [5, 5.41) is 4.13. The second-order valence-corrected chi connectivity index (χ2v) is 6.98. The predicted octanol–water partition coefficient (Wildman–Crippen LogP) is 3.06. The van der Waals surface area contributed by atoms with Crippen LogP contribution in [-0.2, 0) is 4.74 Å². The van der Waals surface area contributed by atoms with Crippen LogP contribution < -0.4 is 10.2 Å². The number of hydrogen-bond donors (Lipinski definition) is 2. The van der Waals surface area contributed by atoms with Gasteiger partial charge in [-0.2, -0.15) is 0 Å². The van der Waals surface area contributed by atoms with Gasteiger partial charge in [-0.15, -0.1) is 0 Å². The number of anilines is 1. The maximum absolute atomic E-state index is 11.9. The fraction of sp³-hybridized carbons (Fsp3) is 0.529. The molecule has 1 fully saturated rings. The Kier molecular flexibility index (Phi) is 4.15. The molecule has 2 aromatic rings. The number of alkyl carbamates (subject to hydrolysis) is 1. The maximum atomic E-state index is 11.9. The van der Waals surface area contributed by atoms with Crippen molar-refractivity contribution in [3.63, 3.8) is 0 Å². The number of aromatic nitrogens is 2. The van der Waals surface area contributed by atoms with Gasteiger partial charge in [-0.05, 0) is 45.7 Å². The highest BCUT2D eigenvalue weighted by Gasteiger charge is 2.25. The first-order valence-electron chi connectivity index (χ1n) is 8.09. The van der Waals surface area contributed by atoms with E-state index in [1.807, 2.05) is 39.2 Å². The smallest absolute Gasteiger partial charge is 0.407 e. The number of amides is 1. The molecule has 0 aromatic carbocycles. The number of carbonyl (C=O) groups excluding carboxylic acids is 1. The summed E-state index contributed by atoms with van der Waals surface area (Å²) in [6.45, 7) is 7.35. The monoisotopic (exact) mass is 316 g/mol. The molecule has 0 bridgehead atoms. The van der Waals surface area contributed by atoms with Crippen molar-refractivity contribution in [2.75, 3.05) is 18.0 Å². The van der Waals surface area contributed by atoms with Gasteiger partial charge >= 0.3 is 6.09 Å². The maximum Gasteiger partial charge on any atom is 0.407 e. The van der Waals surface area contributed by atoms with Crippen molar-refractivity contribution >= 4 is 22.8 Å². The van der Waals surface area contributed by atoms with Crippen molar-refractivity contribution in [3.8, 4) is 0 Å². The van der Waals surface area contributed by atoms with Crippen molar-refractivity contribution in [2.45, 2.75) is 45.3 Å². The second-order valence-electron chi connectivity index (χ2n) is 6.98. The lowest BCUT2D eigenvalue weighted by Crippen LogP contribution is -2.46. The number of nitrogens with zero attached hydrogens (tertiary/aromatic N) is 2. The summed E-state index contributed by atoms with van der Waals surface area (Å²) in [6.07, 6.45) is 5.22. The van der Waals surface area contributed by atoms with Gasteiger partial charge < -0.3 is 19.9 Å². The fourth-order valence-electron chi connectivity index (χ4n) is 2.92. The number of nitrogens with one attached hydrogen (secondary N) is 2. The second kappa shape index (κ2) is 6.10. The van der Waals surface area contributed by atoms with Gasteiger partial charge in [0.15, 0.2) is 5.82 Å². The standard InChI is InChI=1S/C17H24N4O2/c1-17(2,3)23-16(22)20-13-6-10-21(11-7-13)15-14-12(4-8-18-14)5-9-19-15/h4-5,8-9,13,18H,6-7,10-11H2,1-3H3,(H,20,22). The summed E-state index contributed by atoms with van der Waals surface area (Å²) in [5.41, 5.74) is 0.615. The zero-order valence-electron chi connectivity index (χ0n) is 13.9. The Hall–Kier alpha value is -2.24. The van der Waals surface area contributed by atoms with Gasteiger partial charge in [-0.1, -0.05) is 0 Å². The average molecular weight is 316 g/mol. The van der Waals surface area contributed by atoms with Crippen LogP contribution in [0, 0.1) is 0 Å². The van der Waals surface area contributed by atoms with Crippen LogP contribution in [0.3, 0.4) is 0 Å². The topological polar surface area (TPSA) is 70.2 Å². The van der Waals surface area contributed by atoms with Gasteiger partial charge in [0.1, 0.15) is 5.60 Å². The molecule has 3 rings (SSSR count). The van der Waals surface area contributed by atoms with Gasteiger partial charge in [-0.25, -0.2) is 9.78 Å². The molecule has 6 nitrogen and oxygen atoms in total. The predicted molar refractivity (Wildman–Crippen MR) is 90.7 cm³/mol. The van der Waals surface area contributed by atoms with Crippen LogP contribution in [0.5, 0.6) is 0 Å². The molecule has 2 N–H and O–H groups in total. The van der Waals surface area contributed by atoms with Gasteiger partial charge in [0, 0.05) is 36.9 Å². The van der Waals surface area contributed by atoms with Crippen molar-refractivity contribution in [2.24, 2.45) is 0 Å². The normalized spacial score (nSPS) is 16.6. The Balaban J connectivity index is 1.58. The largest absolute Gasteiger partial charge is 0.444 e. The van der Waals surface area contributed by atoms with E-state index in [4.69, 9.17) is 4.74 Å². The summed E-state index contributed by atoms with van der Waals surface area (Å²) in [5.74, 6) is 0.989. The molecule has 1 aliphatic rings. The van der Waals surface area contributed by atoms with Crippen LogP contribution in [0.15, 0.2) is 24.5 Å². The third-order valence-corrected chi connectivity index (χ3v) is 3.97. The van der Waals surface area contributed by atoms with E-state index in [1.165, 1.54) is 5.39 Å². The van der Waals surface area contributed by atoms with Crippen LogP contribution in [0.2, 0.25) is 0 Å². The zero-order valence-corrected chi connectivity index (χ0v) is 13.9. The van der Waals surface area contributed by atoms with E-state index in [0.717, 1.165) is 37.3 Å². The number of carbonyl (C=O) groups is 1. The van der Waals surface area contributed by atoms with Gasteiger partial charge in [0.25, 0.3) is 0 Å². The van der Waals surface area contributed by atoms with E-state index in [2.05, 4.69) is 26.3 Å². The molecule has 6 heteroatoms. The molecule has 124 valence electrons. The minimum Gasteiger partial charge on any atom is -0.444 e. The average Bonchev–Trinajstić information content (AvgIpc) is 2.94. The number of rotatable bonds is 2. The minimum absolute atomic E-state index is 0.156. The Morgan fingerprint density at radius 2 is 2.09 bits per heavy atom. The number of piperidine rings is 1. The molecule has 1 saturated heterocycles. The van der Waals surface area contributed by atoms with Crippen LogP contribution in [0.25, 0.3) is 10.9 Å². The Labute approximate surface area is 136 Å². The van der Waals surface area contributed by atoms with Crippen molar-refractivity contribution in [1.82, 2.24) is 15.3 Å². The number of H-pyrrole nitrogens is 1. The molecule has 1 amide bonds. The molecule has 0 unspecified atom stereocenters. The number of aromatic amines is 1. The molecular formula is C17H24N4O2. The number of fused-ring (bicyclic) bond motifs is 1. The third-order valence-electron chi connectivity index (χ3n) is 3.97. The molecule has 1 aliphatic heterocycles. The molecule has 0 atom stereocenters. The lowest BCUT2D eigenvalue weighted by Gasteiger charge is -2.33. The molecule has 0 radical (unpaired) electrons. The molecule has 2 aromatic heterocycles. The summed E-state index contributed by atoms with van der Waals surface area (Å²) in [4.78, 5) is 21.9. The third kappa shape index (κ3) is 3.75. The Morgan fingerprint density at radius 1 is 1.35 bits per heavy atom. The first-order valence-corrected chi connectivity index (χ1v) is 8.09. The van der Waals surface area contributed by atoms with E-state index in [1.54, 1.807) is 0 Å². The van der Waals surface area contributed by atoms with Crippen molar-refractivity contribution in [3.05, 3.63) is 24.5 Å². The molecule has 3 heterocycles. The van der Waals surface area contributed by atoms with Crippen LogP contribution in [0.1, 0.15) is 33.6 Å². The zero-order chi connectivity index (χ0) is 16.4. The van der Waals surface area contributed by atoms with Crippen LogP contribution in [-0.4, -0.2) is 40.8 Å². The number of pyridine rings is 1. The fourth-order valence-corrected chi connectivity index (χ4v) is 2.92. The Morgan fingerprint density at radius 3 is 2.78 bits per heavy atom. The minimum atomic E-state index is -0.460. The lowest BCUT2D eigenvalue weighted by atomic mass is 10.1. The molecule has 0 aliphatic carbocycles. The highest BCUT2D eigenvalue weighted by molar-refractivity contribution is 5.89. The van der Waals surface area contributed by atoms with Crippen LogP contribution >= 0.6 is 0 Å². The highest BCUT2D eigenvalue weighted by Crippen LogP contribution is 2.25. The first-order chi connectivity index (χ1) is 10.9. The van der Waals surface area contributed by atoms with E-state index in [0.29, 0.717) is 0 Å². The molecule has 23 heavy (non-hydrogen) atoms.